The lowest BCUT2D eigenvalue weighted by molar-refractivity contribution is -0.295. The largest absolute Gasteiger partial charge is 0.368 e. The van der Waals surface area contributed by atoms with E-state index < -0.39 is 12.6 Å². The Labute approximate surface area is 121 Å². The Hall–Kier alpha value is -0.240. The van der Waals surface area contributed by atoms with E-state index in [1.807, 2.05) is 0 Å². The summed E-state index contributed by atoms with van der Waals surface area (Å²) in [7, 11) is 0. The van der Waals surface area contributed by atoms with Crippen molar-refractivity contribution < 1.29 is 30.2 Å². The fourth-order valence-electron chi connectivity index (χ4n) is 1.80. The molecule has 0 aliphatic carbocycles. The van der Waals surface area contributed by atoms with Crippen LogP contribution >= 0.6 is 0 Å². The molecule has 0 aromatic rings. The molecular formula is C14H30O6. The average molecular weight is 294 g/mol. The minimum Gasteiger partial charge on any atom is -0.368 e. The molecule has 6 heteroatoms. The van der Waals surface area contributed by atoms with Gasteiger partial charge in [0.05, 0.1) is 13.2 Å². The third-order valence-electron chi connectivity index (χ3n) is 2.96. The number of hydrogen-bond donors (Lipinski definition) is 4. The molecule has 0 saturated carbocycles. The third-order valence-corrected chi connectivity index (χ3v) is 2.96. The van der Waals surface area contributed by atoms with Crippen LogP contribution in [0.2, 0.25) is 0 Å². The summed E-state index contributed by atoms with van der Waals surface area (Å²) >= 11 is 0. The number of aliphatic hydroxyl groups excluding tert-OH is 2. The molecule has 0 aromatic carbocycles. The molecule has 0 saturated heterocycles. The predicted octanol–water partition coefficient (Wildman–Crippen LogP) is 1.46. The highest BCUT2D eigenvalue weighted by atomic mass is 17.2. The first-order chi connectivity index (χ1) is 9.63. The first-order valence-electron chi connectivity index (χ1n) is 7.59. The van der Waals surface area contributed by atoms with Gasteiger partial charge in [-0.15, -0.1) is 0 Å². The van der Waals surface area contributed by atoms with E-state index in [0.717, 1.165) is 51.4 Å². The van der Waals surface area contributed by atoms with Gasteiger partial charge < -0.3 is 20.4 Å². The van der Waals surface area contributed by atoms with E-state index in [9.17, 15) is 0 Å². The summed E-state index contributed by atoms with van der Waals surface area (Å²) in [6.45, 7) is 1.14. The second kappa shape index (κ2) is 15.2. The van der Waals surface area contributed by atoms with Gasteiger partial charge in [0.15, 0.2) is 12.6 Å². The van der Waals surface area contributed by atoms with Crippen molar-refractivity contribution in [3.63, 3.8) is 0 Å². The molecule has 6 nitrogen and oxygen atoms in total. The highest BCUT2D eigenvalue weighted by Crippen LogP contribution is 2.06. The second-order valence-corrected chi connectivity index (χ2v) is 5.01. The molecule has 0 fully saturated rings. The summed E-state index contributed by atoms with van der Waals surface area (Å²) in [5, 5.41) is 34.6. The molecule has 0 rings (SSSR count). The Balaban J connectivity index is 2.96. The van der Waals surface area contributed by atoms with Gasteiger partial charge in [-0.05, 0) is 38.5 Å². The first kappa shape index (κ1) is 19.8. The molecule has 122 valence electrons. The zero-order chi connectivity index (χ0) is 15.1. The summed E-state index contributed by atoms with van der Waals surface area (Å²) in [6, 6.07) is 0. The molecule has 20 heavy (non-hydrogen) atoms. The number of unbranched alkanes of at least 4 members (excludes halogenated alkanes) is 6. The summed E-state index contributed by atoms with van der Waals surface area (Å²) in [5.41, 5.74) is 0. The van der Waals surface area contributed by atoms with Gasteiger partial charge >= 0.3 is 0 Å². The lowest BCUT2D eigenvalue weighted by Gasteiger charge is -2.05. The number of aliphatic hydroxyl groups is 4. The van der Waals surface area contributed by atoms with Gasteiger partial charge in [-0.2, -0.15) is 0 Å². The smallest absolute Gasteiger partial charge is 0.151 e. The van der Waals surface area contributed by atoms with Crippen LogP contribution in [0.15, 0.2) is 0 Å². The van der Waals surface area contributed by atoms with E-state index in [4.69, 9.17) is 30.2 Å². The molecule has 0 amide bonds. The molecular weight excluding hydrogens is 264 g/mol. The highest BCUT2D eigenvalue weighted by Gasteiger charge is 1.98. The van der Waals surface area contributed by atoms with Gasteiger partial charge in [0.25, 0.3) is 0 Å². The monoisotopic (exact) mass is 294 g/mol. The van der Waals surface area contributed by atoms with Gasteiger partial charge in [0.2, 0.25) is 0 Å². The minimum atomic E-state index is -1.18. The maximum absolute atomic E-state index is 8.64. The molecule has 0 bridgehead atoms. The quantitative estimate of drug-likeness (QED) is 0.158. The molecule has 0 heterocycles. The Kier molecular flexibility index (Phi) is 15.0. The van der Waals surface area contributed by atoms with Crippen molar-refractivity contribution in [2.24, 2.45) is 0 Å². The van der Waals surface area contributed by atoms with Crippen LogP contribution in [0.25, 0.3) is 0 Å². The molecule has 4 N–H and O–H groups in total. The van der Waals surface area contributed by atoms with E-state index in [-0.39, 0.29) is 0 Å². The Morgan fingerprint density at radius 3 is 1.20 bits per heavy atom. The Morgan fingerprint density at radius 2 is 0.850 bits per heavy atom. The van der Waals surface area contributed by atoms with E-state index in [1.165, 1.54) is 0 Å². The highest BCUT2D eigenvalue weighted by molar-refractivity contribution is 4.45. The fraction of sp³-hybridized carbons (Fsp3) is 1.00. The van der Waals surface area contributed by atoms with Crippen LogP contribution in [0.4, 0.5) is 0 Å². The minimum absolute atomic E-state index is 0.435. The zero-order valence-corrected chi connectivity index (χ0v) is 12.2. The van der Waals surface area contributed by atoms with E-state index in [0.29, 0.717) is 26.1 Å². The summed E-state index contributed by atoms with van der Waals surface area (Å²) in [5.74, 6) is 0. The Morgan fingerprint density at radius 1 is 0.500 bits per heavy atom. The Bertz CT molecular complexity index is 167. The SMILES string of the molecule is OC(O)CCCCCCOOCCCCCCC(O)O. The van der Waals surface area contributed by atoms with Gasteiger partial charge in [-0.25, -0.2) is 9.78 Å². The average Bonchev–Trinajstić information content (AvgIpc) is 2.38. The van der Waals surface area contributed by atoms with Gasteiger partial charge in [0, 0.05) is 0 Å². The van der Waals surface area contributed by atoms with E-state index in [2.05, 4.69) is 0 Å². The fourth-order valence-corrected chi connectivity index (χ4v) is 1.80. The standard InChI is InChI=1S/C14H30O6/c15-13(16)9-5-1-3-7-11-19-20-12-8-4-2-6-10-14(17)18/h13-18H,1-12H2. The van der Waals surface area contributed by atoms with Crippen molar-refractivity contribution in [2.45, 2.75) is 76.8 Å². The van der Waals surface area contributed by atoms with Crippen molar-refractivity contribution in [1.82, 2.24) is 0 Å². The molecule has 0 aromatic heterocycles. The van der Waals surface area contributed by atoms with Crippen molar-refractivity contribution in [2.75, 3.05) is 13.2 Å². The van der Waals surface area contributed by atoms with Gasteiger partial charge in [0.1, 0.15) is 0 Å². The maximum Gasteiger partial charge on any atom is 0.151 e. The summed E-state index contributed by atoms with van der Waals surface area (Å²) in [4.78, 5) is 10.1. The van der Waals surface area contributed by atoms with Gasteiger partial charge in [-0.1, -0.05) is 25.7 Å². The summed E-state index contributed by atoms with van der Waals surface area (Å²) < 4.78 is 0. The molecule has 0 atom stereocenters. The number of rotatable bonds is 15. The summed E-state index contributed by atoms with van der Waals surface area (Å²) in [6.07, 6.45) is 5.91. The topological polar surface area (TPSA) is 99.4 Å². The zero-order valence-electron chi connectivity index (χ0n) is 12.2. The van der Waals surface area contributed by atoms with Crippen molar-refractivity contribution in [1.29, 1.82) is 0 Å². The van der Waals surface area contributed by atoms with Crippen LogP contribution in [0.3, 0.4) is 0 Å². The van der Waals surface area contributed by atoms with Crippen LogP contribution in [-0.4, -0.2) is 46.2 Å². The number of hydrogen-bond acceptors (Lipinski definition) is 6. The van der Waals surface area contributed by atoms with Crippen molar-refractivity contribution in [3.8, 4) is 0 Å². The van der Waals surface area contributed by atoms with Crippen LogP contribution in [0.5, 0.6) is 0 Å². The van der Waals surface area contributed by atoms with Gasteiger partial charge in [-0.3, -0.25) is 0 Å². The third kappa shape index (κ3) is 17.8. The lowest BCUT2D eigenvalue weighted by atomic mass is 10.1. The second-order valence-electron chi connectivity index (χ2n) is 5.01. The van der Waals surface area contributed by atoms with Crippen molar-refractivity contribution >= 4 is 0 Å². The van der Waals surface area contributed by atoms with E-state index in [1.54, 1.807) is 0 Å². The molecule has 0 spiro atoms. The normalized spacial score (nSPS) is 11.7. The lowest BCUT2D eigenvalue weighted by Crippen LogP contribution is -2.03. The molecule has 0 radical (unpaired) electrons. The van der Waals surface area contributed by atoms with Crippen LogP contribution < -0.4 is 0 Å². The predicted molar refractivity (Wildman–Crippen MR) is 74.5 cm³/mol. The van der Waals surface area contributed by atoms with Crippen LogP contribution in [0, 0.1) is 0 Å². The van der Waals surface area contributed by atoms with E-state index >= 15 is 0 Å². The maximum atomic E-state index is 8.64. The van der Waals surface area contributed by atoms with Crippen LogP contribution in [0.1, 0.15) is 64.2 Å². The molecule has 0 aliphatic heterocycles. The molecule has 0 aliphatic rings. The van der Waals surface area contributed by atoms with Crippen LogP contribution in [-0.2, 0) is 9.78 Å². The van der Waals surface area contributed by atoms with Crippen molar-refractivity contribution in [3.05, 3.63) is 0 Å². The first-order valence-corrected chi connectivity index (χ1v) is 7.59. The molecule has 0 unspecified atom stereocenters.